The minimum Gasteiger partial charge on any atom is -0.400 e. The molecule has 3 fully saturated rings. The van der Waals surface area contributed by atoms with E-state index in [4.69, 9.17) is 5.11 Å². The fraction of sp³-hybridized carbons (Fsp3) is 0.840. The van der Waals surface area contributed by atoms with E-state index >= 15 is 0 Å². The third-order valence-corrected chi connectivity index (χ3v) is 6.78. The molecule has 0 bridgehead atoms. The molecular weight excluding hydrogens is 316 g/mol. The fourth-order valence-corrected chi connectivity index (χ4v) is 5.20. The third-order valence-electron chi connectivity index (χ3n) is 6.78. The molecule has 0 aromatic rings. The molecule has 0 saturated heterocycles. The largest absolute Gasteiger partial charge is 0.400 e. The molecule has 1 N–H and O–H groups in total. The molecule has 1 nitrogen and oxygen atoms in total. The first kappa shape index (κ1) is 23.5. The van der Waals surface area contributed by atoms with Crippen LogP contribution < -0.4 is 0 Å². The lowest BCUT2D eigenvalue weighted by atomic mass is 9.64. The number of allylic oxidation sites excluding steroid dienone is 4. The molecule has 0 aromatic carbocycles. The minimum absolute atomic E-state index is 0.614. The molecule has 4 atom stereocenters. The van der Waals surface area contributed by atoms with Gasteiger partial charge in [-0.25, -0.2) is 0 Å². The van der Waals surface area contributed by atoms with Crippen LogP contribution in [0.15, 0.2) is 23.3 Å². The highest BCUT2D eigenvalue weighted by Gasteiger charge is 2.46. The van der Waals surface area contributed by atoms with Crippen molar-refractivity contribution in [3.05, 3.63) is 23.3 Å². The van der Waals surface area contributed by atoms with Crippen LogP contribution in [-0.2, 0) is 0 Å². The van der Waals surface area contributed by atoms with Crippen LogP contribution in [0.4, 0.5) is 0 Å². The number of hydrogen-bond donors (Lipinski definition) is 1. The van der Waals surface area contributed by atoms with Crippen molar-refractivity contribution in [2.24, 2.45) is 29.1 Å². The Hall–Kier alpha value is -0.560. The Morgan fingerprint density at radius 1 is 0.962 bits per heavy atom. The normalized spacial score (nSPS) is 36.9. The Labute approximate surface area is 164 Å². The highest BCUT2D eigenvalue weighted by atomic mass is 16.2. The Morgan fingerprint density at radius 2 is 1.62 bits per heavy atom. The van der Waals surface area contributed by atoms with Gasteiger partial charge in [-0.15, -0.1) is 0 Å². The zero-order chi connectivity index (χ0) is 19.7. The van der Waals surface area contributed by atoms with E-state index in [0.717, 1.165) is 30.8 Å². The summed E-state index contributed by atoms with van der Waals surface area (Å²) in [6.07, 6.45) is 17.8. The molecule has 0 aromatic heterocycles. The predicted octanol–water partition coefficient (Wildman–Crippen LogP) is 7.56. The van der Waals surface area contributed by atoms with Crippen molar-refractivity contribution in [1.29, 1.82) is 0 Å². The van der Waals surface area contributed by atoms with Gasteiger partial charge in [-0.05, 0) is 80.5 Å². The zero-order valence-electron chi connectivity index (χ0n) is 18.8. The number of aliphatic hydroxyl groups excluding tert-OH is 1. The van der Waals surface area contributed by atoms with Crippen molar-refractivity contribution in [2.75, 3.05) is 7.11 Å². The lowest BCUT2D eigenvalue weighted by molar-refractivity contribution is 0.147. The summed E-state index contributed by atoms with van der Waals surface area (Å²) in [6.45, 7) is 14.0. The van der Waals surface area contributed by atoms with Gasteiger partial charge in [0.15, 0.2) is 0 Å². The van der Waals surface area contributed by atoms with Crippen molar-refractivity contribution >= 4 is 0 Å². The Morgan fingerprint density at radius 3 is 2.23 bits per heavy atom. The van der Waals surface area contributed by atoms with Crippen LogP contribution in [0.25, 0.3) is 0 Å². The predicted molar refractivity (Wildman–Crippen MR) is 116 cm³/mol. The van der Waals surface area contributed by atoms with Gasteiger partial charge in [0.05, 0.1) is 0 Å². The summed E-state index contributed by atoms with van der Waals surface area (Å²) in [7, 11) is 1.00. The van der Waals surface area contributed by atoms with E-state index < -0.39 is 0 Å². The van der Waals surface area contributed by atoms with Crippen LogP contribution >= 0.6 is 0 Å². The molecule has 1 heteroatoms. The molecule has 26 heavy (non-hydrogen) atoms. The molecule has 4 unspecified atom stereocenters. The standard InChI is InChI=1S/C20H32.C4H10.CH4O/c1-15-6-4-7-17(14-15)10-11-18-8-5-13-20(3)16(2)9-12-19(18)20;1-4(2)3;1-2/h10-11,15-16,19H,4-9,12-14H2,1-3H3;4H,1-3H3;2H,1H3/b17-10-,18-11+;;. The van der Waals surface area contributed by atoms with E-state index in [1.54, 1.807) is 11.1 Å². The van der Waals surface area contributed by atoms with Crippen LogP contribution in [0.5, 0.6) is 0 Å². The topological polar surface area (TPSA) is 20.2 Å². The lowest BCUT2D eigenvalue weighted by Gasteiger charge is -2.41. The monoisotopic (exact) mass is 362 g/mol. The van der Waals surface area contributed by atoms with E-state index in [2.05, 4.69) is 53.7 Å². The van der Waals surface area contributed by atoms with Crippen molar-refractivity contribution in [3.63, 3.8) is 0 Å². The molecule has 0 spiro atoms. The van der Waals surface area contributed by atoms with Crippen molar-refractivity contribution < 1.29 is 5.11 Å². The van der Waals surface area contributed by atoms with Gasteiger partial charge in [0.2, 0.25) is 0 Å². The fourth-order valence-electron chi connectivity index (χ4n) is 5.20. The molecule has 0 amide bonds. The van der Waals surface area contributed by atoms with Gasteiger partial charge in [-0.3, -0.25) is 0 Å². The van der Waals surface area contributed by atoms with Gasteiger partial charge in [-0.2, -0.15) is 0 Å². The third kappa shape index (κ3) is 6.55. The summed E-state index contributed by atoms with van der Waals surface area (Å²) < 4.78 is 0. The molecule has 3 rings (SSSR count). The zero-order valence-corrected chi connectivity index (χ0v) is 18.8. The molecule has 152 valence electrons. The number of aliphatic hydroxyl groups is 1. The number of rotatable bonds is 1. The number of fused-ring (bicyclic) bond motifs is 1. The lowest BCUT2D eigenvalue weighted by Crippen LogP contribution is -2.31. The van der Waals surface area contributed by atoms with E-state index in [1.165, 1.54) is 57.8 Å². The van der Waals surface area contributed by atoms with Crippen LogP contribution in [0.3, 0.4) is 0 Å². The van der Waals surface area contributed by atoms with E-state index in [-0.39, 0.29) is 0 Å². The first-order valence-corrected chi connectivity index (χ1v) is 11.2. The Bertz CT molecular complexity index is 456. The van der Waals surface area contributed by atoms with Gasteiger partial charge in [0.1, 0.15) is 0 Å². The first-order chi connectivity index (χ1) is 12.3. The second-order valence-electron chi connectivity index (χ2n) is 9.89. The summed E-state index contributed by atoms with van der Waals surface area (Å²) in [5.41, 5.74) is 4.12. The second-order valence-corrected chi connectivity index (χ2v) is 9.89. The second kappa shape index (κ2) is 11.3. The SMILES string of the molecule is CC(C)C.CC1CCC/C(=C/C=C2\CCCC3(C)C(C)CCC23)C1.CO. The molecular formula is C25H46O. The molecule has 0 radical (unpaired) electrons. The van der Waals surface area contributed by atoms with Crippen molar-refractivity contribution in [1.82, 2.24) is 0 Å². The first-order valence-electron chi connectivity index (χ1n) is 11.2. The summed E-state index contributed by atoms with van der Waals surface area (Å²) in [6, 6.07) is 0. The summed E-state index contributed by atoms with van der Waals surface area (Å²) in [5.74, 6) is 3.57. The van der Waals surface area contributed by atoms with Gasteiger partial charge in [0, 0.05) is 7.11 Å². The Balaban J connectivity index is 0.000000500. The van der Waals surface area contributed by atoms with Gasteiger partial charge in [-0.1, -0.05) is 71.3 Å². The summed E-state index contributed by atoms with van der Waals surface area (Å²) in [5, 5.41) is 7.00. The van der Waals surface area contributed by atoms with Crippen LogP contribution in [0.1, 0.15) is 99.3 Å². The van der Waals surface area contributed by atoms with E-state index in [9.17, 15) is 0 Å². The number of hydrogen-bond acceptors (Lipinski definition) is 1. The quantitative estimate of drug-likeness (QED) is 0.510. The van der Waals surface area contributed by atoms with Gasteiger partial charge in [0.25, 0.3) is 0 Å². The molecule has 0 heterocycles. The molecule has 3 aliphatic carbocycles. The van der Waals surface area contributed by atoms with Crippen LogP contribution in [0, 0.1) is 29.1 Å². The summed E-state index contributed by atoms with van der Waals surface area (Å²) in [4.78, 5) is 0. The molecule has 0 aliphatic heterocycles. The van der Waals surface area contributed by atoms with Gasteiger partial charge >= 0.3 is 0 Å². The van der Waals surface area contributed by atoms with Gasteiger partial charge < -0.3 is 5.11 Å². The maximum atomic E-state index is 7.00. The van der Waals surface area contributed by atoms with Crippen molar-refractivity contribution in [2.45, 2.75) is 99.3 Å². The smallest absolute Gasteiger partial charge is 0.0319 e. The van der Waals surface area contributed by atoms with Crippen molar-refractivity contribution in [3.8, 4) is 0 Å². The van der Waals surface area contributed by atoms with E-state index in [1.807, 2.05) is 0 Å². The molecule has 3 aliphatic rings. The minimum atomic E-state index is 0.614. The average molecular weight is 363 g/mol. The Kier molecular flexibility index (Phi) is 10.2. The van der Waals surface area contributed by atoms with Crippen LogP contribution in [-0.4, -0.2) is 12.2 Å². The maximum absolute atomic E-state index is 7.00. The van der Waals surface area contributed by atoms with E-state index in [0.29, 0.717) is 5.41 Å². The van der Waals surface area contributed by atoms with Crippen LogP contribution in [0.2, 0.25) is 0 Å². The maximum Gasteiger partial charge on any atom is 0.0319 e. The highest BCUT2D eigenvalue weighted by Crippen LogP contribution is 2.57. The summed E-state index contributed by atoms with van der Waals surface area (Å²) >= 11 is 0. The highest BCUT2D eigenvalue weighted by molar-refractivity contribution is 5.25. The molecule has 3 saturated carbocycles. The average Bonchev–Trinajstić information content (AvgIpc) is 2.90.